The first kappa shape index (κ1) is 21.8. The highest BCUT2D eigenvalue weighted by molar-refractivity contribution is 7.99. The zero-order chi connectivity index (χ0) is 20.5. The molecule has 2 aliphatic rings. The summed E-state index contributed by atoms with van der Waals surface area (Å²) in [5, 5.41) is 15.3. The Kier molecular flexibility index (Phi) is 8.48. The van der Waals surface area contributed by atoms with E-state index >= 15 is 0 Å². The quantitative estimate of drug-likeness (QED) is 0.508. The molecule has 0 aliphatic carbocycles. The molecule has 0 bridgehead atoms. The molecule has 156 valence electrons. The van der Waals surface area contributed by atoms with Crippen LogP contribution >= 0.6 is 11.8 Å². The molecule has 1 fully saturated rings. The average molecular weight is 417 g/mol. The summed E-state index contributed by atoms with van der Waals surface area (Å²) in [6, 6.07) is 16.9. The Morgan fingerprint density at radius 1 is 0.931 bits per heavy atom. The van der Waals surface area contributed by atoms with Crippen molar-refractivity contribution < 1.29 is 15.1 Å². The lowest BCUT2D eigenvalue weighted by Crippen LogP contribution is -2.49. The number of hydrogen-bond acceptors (Lipinski definition) is 8. The third-order valence-corrected chi connectivity index (χ3v) is 6.04. The predicted octanol–water partition coefficient (Wildman–Crippen LogP) is 2.19. The topological polar surface area (TPSA) is 94.5 Å². The molecule has 2 aromatic rings. The Bertz CT molecular complexity index is 810. The first-order valence-electron chi connectivity index (χ1n) is 9.72. The van der Waals surface area contributed by atoms with Gasteiger partial charge in [0.25, 0.3) is 0 Å². The smallest absolute Gasteiger partial charge is 0.137 e. The van der Waals surface area contributed by atoms with Gasteiger partial charge < -0.3 is 20.0 Å². The largest absolute Gasteiger partial charge is 0.394 e. The van der Waals surface area contributed by atoms with Crippen molar-refractivity contribution in [2.75, 3.05) is 52.5 Å². The third-order valence-electron chi connectivity index (χ3n) is 4.90. The number of nitrogens with zero attached hydrogens (tertiary/aromatic N) is 3. The lowest BCUT2D eigenvalue weighted by Gasteiger charge is -2.36. The van der Waals surface area contributed by atoms with Crippen molar-refractivity contribution in [3.8, 4) is 0 Å². The fourth-order valence-electron chi connectivity index (χ4n) is 3.45. The molecule has 29 heavy (non-hydrogen) atoms. The number of aliphatic hydroxyl groups is 1. The number of aliphatic hydroxyl groups excluding tert-OH is 1. The van der Waals surface area contributed by atoms with E-state index in [0.717, 1.165) is 44.2 Å². The number of hydrogen-bond donors (Lipinski definition) is 3. The first-order chi connectivity index (χ1) is 14.3. The fraction of sp³-hybridized carbons (Fsp3) is 0.381. The first-order valence-corrected chi connectivity index (χ1v) is 10.5. The second-order valence-electron chi connectivity index (χ2n) is 6.67. The van der Waals surface area contributed by atoms with Crippen LogP contribution in [0, 0.1) is 0 Å². The maximum absolute atomic E-state index is 8.79. The summed E-state index contributed by atoms with van der Waals surface area (Å²) in [5.41, 5.74) is 2.27. The van der Waals surface area contributed by atoms with Crippen LogP contribution in [0.25, 0.3) is 0 Å². The van der Waals surface area contributed by atoms with Gasteiger partial charge in [-0.3, -0.25) is 4.90 Å². The summed E-state index contributed by atoms with van der Waals surface area (Å²) in [5.74, 6) is 4.58. The summed E-state index contributed by atoms with van der Waals surface area (Å²) < 4.78 is 5.40. The molecule has 0 amide bonds. The van der Waals surface area contributed by atoms with Crippen LogP contribution in [-0.2, 0) is 4.74 Å². The van der Waals surface area contributed by atoms with Crippen LogP contribution in [0.15, 0.2) is 63.3 Å². The highest BCUT2D eigenvalue weighted by atomic mass is 32.2. The summed E-state index contributed by atoms with van der Waals surface area (Å²) in [6.07, 6.45) is 0. The molecule has 2 aliphatic heterocycles. The van der Waals surface area contributed by atoms with Crippen molar-refractivity contribution in [3.05, 3.63) is 54.1 Å². The highest BCUT2D eigenvalue weighted by Gasteiger charge is 2.24. The van der Waals surface area contributed by atoms with Crippen LogP contribution in [0.4, 0.5) is 5.69 Å². The molecule has 4 N–H and O–H groups in total. The summed E-state index contributed by atoms with van der Waals surface area (Å²) in [4.78, 5) is 12.4. The van der Waals surface area contributed by atoms with Crippen molar-refractivity contribution in [2.45, 2.75) is 9.79 Å². The van der Waals surface area contributed by atoms with E-state index in [9.17, 15) is 0 Å². The van der Waals surface area contributed by atoms with Crippen molar-refractivity contribution in [1.82, 2.24) is 9.80 Å². The molecule has 0 atom stereocenters. The molecule has 2 aromatic carbocycles. The van der Waals surface area contributed by atoms with Crippen LogP contribution in [0.5, 0.6) is 0 Å². The van der Waals surface area contributed by atoms with Crippen LogP contribution in [0.2, 0.25) is 0 Å². The molecule has 0 spiro atoms. The molecule has 0 radical (unpaired) electrons. The maximum atomic E-state index is 8.79. The summed E-state index contributed by atoms with van der Waals surface area (Å²) in [6.45, 7) is 6.01. The molecule has 4 rings (SSSR count). The van der Waals surface area contributed by atoms with Crippen molar-refractivity contribution >= 4 is 23.3 Å². The van der Waals surface area contributed by atoms with Gasteiger partial charge in [0.15, 0.2) is 0 Å². The van der Waals surface area contributed by atoms with Gasteiger partial charge in [0.05, 0.1) is 25.5 Å². The van der Waals surface area contributed by atoms with Gasteiger partial charge in [-0.05, 0) is 18.2 Å². The number of fused-ring (bicyclic) bond motifs is 2. The number of rotatable bonds is 5. The van der Waals surface area contributed by atoms with E-state index in [4.69, 9.17) is 20.0 Å². The molecule has 0 saturated carbocycles. The van der Waals surface area contributed by atoms with Gasteiger partial charge in [-0.1, -0.05) is 42.1 Å². The van der Waals surface area contributed by atoms with Crippen LogP contribution < -0.4 is 5.90 Å². The molecule has 2 heterocycles. The third kappa shape index (κ3) is 5.57. The molecule has 7 nitrogen and oxygen atoms in total. The van der Waals surface area contributed by atoms with E-state index in [1.165, 1.54) is 15.4 Å². The standard InChI is InChI=1S/C21H25N3O2S.H3NO/c25-14-16-26-15-13-23-9-11-24(12-10-23)21-17-5-1-3-7-19(17)27-20-8-4-2-6-18(20)22-21;1-2/h1-8,25H,9-16H2;2H,1H2. The number of amidine groups is 1. The van der Waals surface area contributed by atoms with E-state index in [1.54, 1.807) is 11.8 Å². The number of ether oxygens (including phenoxy) is 1. The monoisotopic (exact) mass is 416 g/mol. The molecular formula is C21H28N4O3S. The molecule has 0 aromatic heterocycles. The normalized spacial score (nSPS) is 16.1. The van der Waals surface area contributed by atoms with E-state index in [0.29, 0.717) is 13.2 Å². The summed E-state index contributed by atoms with van der Waals surface area (Å²) >= 11 is 1.80. The predicted molar refractivity (Wildman–Crippen MR) is 115 cm³/mol. The van der Waals surface area contributed by atoms with Gasteiger partial charge in [0.1, 0.15) is 5.84 Å². The van der Waals surface area contributed by atoms with E-state index in [1.807, 2.05) is 0 Å². The second kappa shape index (κ2) is 11.3. The fourth-order valence-corrected chi connectivity index (χ4v) is 4.47. The van der Waals surface area contributed by atoms with Crippen LogP contribution in [-0.4, -0.2) is 78.5 Å². The molecular weight excluding hydrogens is 388 g/mol. The van der Waals surface area contributed by atoms with Crippen molar-refractivity contribution in [3.63, 3.8) is 0 Å². The molecule has 1 saturated heterocycles. The minimum atomic E-state index is 0.0898. The van der Waals surface area contributed by atoms with Crippen LogP contribution in [0.1, 0.15) is 5.56 Å². The van der Waals surface area contributed by atoms with Gasteiger partial charge in [-0.25, -0.2) is 10.9 Å². The number of para-hydroxylation sites is 1. The zero-order valence-corrected chi connectivity index (χ0v) is 17.2. The van der Waals surface area contributed by atoms with Gasteiger partial charge in [-0.15, -0.1) is 0 Å². The lowest BCUT2D eigenvalue weighted by atomic mass is 10.1. The second-order valence-corrected chi connectivity index (χ2v) is 7.75. The lowest BCUT2D eigenvalue weighted by molar-refractivity contribution is 0.0652. The minimum Gasteiger partial charge on any atom is -0.394 e. The van der Waals surface area contributed by atoms with Gasteiger partial charge >= 0.3 is 0 Å². The van der Waals surface area contributed by atoms with E-state index < -0.39 is 0 Å². The van der Waals surface area contributed by atoms with Gasteiger partial charge in [0.2, 0.25) is 0 Å². The SMILES string of the molecule is NO.OCCOCCN1CCN(C2=Nc3ccccc3Sc3ccccc32)CC1. The Balaban J connectivity index is 0.00000117. The van der Waals surface area contributed by atoms with Crippen molar-refractivity contribution in [2.24, 2.45) is 10.9 Å². The Hall–Kier alpha value is -1.94. The minimum absolute atomic E-state index is 0.0898. The van der Waals surface area contributed by atoms with E-state index in [2.05, 4.69) is 64.2 Å². The van der Waals surface area contributed by atoms with Crippen LogP contribution in [0.3, 0.4) is 0 Å². The number of benzene rings is 2. The number of nitrogens with two attached hydrogens (primary N) is 1. The zero-order valence-electron chi connectivity index (χ0n) is 16.4. The number of aliphatic imine (C=N–C) groups is 1. The Morgan fingerprint density at radius 3 is 2.38 bits per heavy atom. The number of piperazine rings is 1. The Morgan fingerprint density at radius 2 is 1.62 bits per heavy atom. The van der Waals surface area contributed by atoms with Gasteiger partial charge in [0, 0.05) is 48.1 Å². The summed E-state index contributed by atoms with van der Waals surface area (Å²) in [7, 11) is 0. The van der Waals surface area contributed by atoms with Gasteiger partial charge in [-0.2, -0.15) is 0 Å². The average Bonchev–Trinajstić information content (AvgIpc) is 2.95. The Labute approximate surface area is 175 Å². The van der Waals surface area contributed by atoms with Crippen molar-refractivity contribution in [1.29, 1.82) is 0 Å². The van der Waals surface area contributed by atoms with E-state index in [-0.39, 0.29) is 6.61 Å². The highest BCUT2D eigenvalue weighted by Crippen LogP contribution is 2.40. The maximum Gasteiger partial charge on any atom is 0.137 e. The molecule has 0 unspecified atom stereocenters. The molecule has 8 heteroatoms.